The Morgan fingerprint density at radius 1 is 1.42 bits per heavy atom. The van der Waals surface area contributed by atoms with E-state index in [0.29, 0.717) is 19.7 Å². The largest absolute Gasteiger partial charge is 0.381 e. The first-order valence-electron chi connectivity index (χ1n) is 7.12. The van der Waals surface area contributed by atoms with Crippen molar-refractivity contribution in [1.29, 1.82) is 0 Å². The van der Waals surface area contributed by atoms with Gasteiger partial charge in [0, 0.05) is 38.4 Å². The molecule has 2 atom stereocenters. The monoisotopic (exact) mass is 271 g/mol. The summed E-state index contributed by atoms with van der Waals surface area (Å²) in [6.07, 6.45) is 1.87. The molecule has 2 aliphatic rings. The van der Waals surface area contributed by atoms with Crippen molar-refractivity contribution < 1.29 is 14.3 Å². The molecule has 0 radical (unpaired) electrons. The smallest absolute Gasteiger partial charge is 0.234 e. The van der Waals surface area contributed by atoms with Crippen LogP contribution in [0, 0.1) is 0 Å². The molecule has 3 N–H and O–H groups in total. The maximum absolute atomic E-state index is 12.1. The molecular formula is C13H25N3O3. The molecule has 0 aromatic heterocycles. The lowest BCUT2D eigenvalue weighted by Gasteiger charge is -2.37. The van der Waals surface area contributed by atoms with Crippen LogP contribution < -0.4 is 11.1 Å². The van der Waals surface area contributed by atoms with Gasteiger partial charge in [0.1, 0.15) is 0 Å². The predicted molar refractivity (Wildman–Crippen MR) is 71.8 cm³/mol. The number of nitrogens with one attached hydrogen (secondary N) is 1. The third-order valence-electron chi connectivity index (χ3n) is 3.83. The van der Waals surface area contributed by atoms with Crippen molar-refractivity contribution in [2.45, 2.75) is 38.0 Å². The molecular weight excluding hydrogens is 246 g/mol. The maximum atomic E-state index is 12.1. The number of carbonyl (C=O) groups is 1. The molecule has 19 heavy (non-hydrogen) atoms. The number of amides is 1. The standard InChI is InChI=1S/C13H25N3O3/c1-10-9-19-12(6-14)7-16(10)8-13(17)15-11-2-4-18-5-3-11/h10-12H,2-9,14H2,1H3,(H,15,17). The third kappa shape index (κ3) is 4.42. The second kappa shape index (κ2) is 7.19. The molecule has 1 amide bonds. The van der Waals surface area contributed by atoms with Crippen molar-refractivity contribution in [2.75, 3.05) is 39.5 Å². The molecule has 2 rings (SSSR count). The van der Waals surface area contributed by atoms with Crippen LogP contribution >= 0.6 is 0 Å². The van der Waals surface area contributed by atoms with Crippen molar-refractivity contribution in [2.24, 2.45) is 5.73 Å². The molecule has 0 spiro atoms. The van der Waals surface area contributed by atoms with Gasteiger partial charge in [-0.3, -0.25) is 9.69 Å². The number of hydrogen-bond acceptors (Lipinski definition) is 5. The van der Waals surface area contributed by atoms with Crippen molar-refractivity contribution >= 4 is 5.91 Å². The summed E-state index contributed by atoms with van der Waals surface area (Å²) < 4.78 is 10.9. The quantitative estimate of drug-likeness (QED) is 0.709. The summed E-state index contributed by atoms with van der Waals surface area (Å²) in [4.78, 5) is 14.2. The van der Waals surface area contributed by atoms with Gasteiger partial charge in [0.25, 0.3) is 0 Å². The molecule has 2 unspecified atom stereocenters. The van der Waals surface area contributed by atoms with Gasteiger partial charge in [0.15, 0.2) is 0 Å². The molecule has 2 heterocycles. The van der Waals surface area contributed by atoms with Gasteiger partial charge < -0.3 is 20.5 Å². The first-order valence-corrected chi connectivity index (χ1v) is 7.12. The third-order valence-corrected chi connectivity index (χ3v) is 3.83. The number of hydrogen-bond donors (Lipinski definition) is 2. The lowest BCUT2D eigenvalue weighted by Crippen LogP contribution is -2.54. The van der Waals surface area contributed by atoms with Crippen LogP contribution in [0.3, 0.4) is 0 Å². The summed E-state index contributed by atoms with van der Waals surface area (Å²) in [6, 6.07) is 0.533. The normalized spacial score (nSPS) is 30.2. The van der Waals surface area contributed by atoms with Crippen LogP contribution in [0.15, 0.2) is 0 Å². The summed E-state index contributed by atoms with van der Waals surface area (Å²) in [5, 5.41) is 3.09. The number of nitrogens with zero attached hydrogens (tertiary/aromatic N) is 1. The zero-order chi connectivity index (χ0) is 13.7. The van der Waals surface area contributed by atoms with Crippen LogP contribution in [0.4, 0.5) is 0 Å². The number of nitrogens with two attached hydrogens (primary N) is 1. The van der Waals surface area contributed by atoms with Gasteiger partial charge in [-0.05, 0) is 19.8 Å². The fraction of sp³-hybridized carbons (Fsp3) is 0.923. The molecule has 0 aliphatic carbocycles. The van der Waals surface area contributed by atoms with Crippen molar-refractivity contribution in [3.8, 4) is 0 Å². The van der Waals surface area contributed by atoms with Crippen LogP contribution in [0.2, 0.25) is 0 Å². The number of morpholine rings is 1. The van der Waals surface area contributed by atoms with Crippen LogP contribution in [-0.4, -0.2) is 68.4 Å². The Morgan fingerprint density at radius 2 is 2.16 bits per heavy atom. The minimum Gasteiger partial charge on any atom is -0.381 e. The van der Waals surface area contributed by atoms with Crippen LogP contribution in [-0.2, 0) is 14.3 Å². The molecule has 0 aromatic carbocycles. The van der Waals surface area contributed by atoms with E-state index in [1.807, 2.05) is 0 Å². The average Bonchev–Trinajstić information content (AvgIpc) is 2.42. The molecule has 0 bridgehead atoms. The molecule has 6 nitrogen and oxygen atoms in total. The highest BCUT2D eigenvalue weighted by molar-refractivity contribution is 5.78. The van der Waals surface area contributed by atoms with E-state index in [-0.39, 0.29) is 24.1 Å². The van der Waals surface area contributed by atoms with Crippen LogP contribution in [0.1, 0.15) is 19.8 Å². The molecule has 2 aliphatic heterocycles. The SMILES string of the molecule is CC1COC(CN)CN1CC(=O)NC1CCOCC1. The molecule has 0 aromatic rings. The van der Waals surface area contributed by atoms with E-state index >= 15 is 0 Å². The summed E-state index contributed by atoms with van der Waals surface area (Å²) in [5.41, 5.74) is 5.63. The Balaban J connectivity index is 1.76. The first-order chi connectivity index (χ1) is 9.19. The Hall–Kier alpha value is -0.690. The molecule has 2 saturated heterocycles. The summed E-state index contributed by atoms with van der Waals surface area (Å²) >= 11 is 0. The Bertz CT molecular complexity index is 295. The molecule has 0 saturated carbocycles. The zero-order valence-electron chi connectivity index (χ0n) is 11.6. The van der Waals surface area contributed by atoms with E-state index in [0.717, 1.165) is 32.6 Å². The topological polar surface area (TPSA) is 76.8 Å². The van der Waals surface area contributed by atoms with E-state index in [9.17, 15) is 4.79 Å². The van der Waals surface area contributed by atoms with Gasteiger partial charge in [0.05, 0.1) is 19.3 Å². The van der Waals surface area contributed by atoms with Gasteiger partial charge >= 0.3 is 0 Å². The highest BCUT2D eigenvalue weighted by Crippen LogP contribution is 2.11. The number of rotatable bonds is 4. The lowest BCUT2D eigenvalue weighted by atomic mass is 10.1. The first kappa shape index (κ1) is 14.7. The van der Waals surface area contributed by atoms with E-state index in [4.69, 9.17) is 15.2 Å². The fourth-order valence-electron chi connectivity index (χ4n) is 2.54. The van der Waals surface area contributed by atoms with E-state index in [2.05, 4.69) is 17.1 Å². The van der Waals surface area contributed by atoms with E-state index in [1.54, 1.807) is 0 Å². The van der Waals surface area contributed by atoms with Crippen molar-refractivity contribution in [3.05, 3.63) is 0 Å². The van der Waals surface area contributed by atoms with Crippen LogP contribution in [0.25, 0.3) is 0 Å². The fourth-order valence-corrected chi connectivity index (χ4v) is 2.54. The molecule has 6 heteroatoms. The minimum absolute atomic E-state index is 0.0482. The average molecular weight is 271 g/mol. The van der Waals surface area contributed by atoms with Crippen molar-refractivity contribution in [1.82, 2.24) is 10.2 Å². The van der Waals surface area contributed by atoms with Crippen LogP contribution in [0.5, 0.6) is 0 Å². The highest BCUT2D eigenvalue weighted by Gasteiger charge is 2.27. The second-order valence-corrected chi connectivity index (χ2v) is 5.42. The summed E-state index contributed by atoms with van der Waals surface area (Å²) in [6.45, 7) is 5.88. The second-order valence-electron chi connectivity index (χ2n) is 5.42. The van der Waals surface area contributed by atoms with E-state index in [1.165, 1.54) is 0 Å². The molecule has 2 fully saturated rings. The summed E-state index contributed by atoms with van der Waals surface area (Å²) in [5.74, 6) is 0.0939. The zero-order valence-corrected chi connectivity index (χ0v) is 11.6. The Kier molecular flexibility index (Phi) is 5.57. The van der Waals surface area contributed by atoms with Gasteiger partial charge in [-0.2, -0.15) is 0 Å². The minimum atomic E-state index is 0.0482. The maximum Gasteiger partial charge on any atom is 0.234 e. The number of ether oxygens (including phenoxy) is 2. The lowest BCUT2D eigenvalue weighted by molar-refractivity contribution is -0.127. The van der Waals surface area contributed by atoms with Gasteiger partial charge in [0.2, 0.25) is 5.91 Å². The molecule has 110 valence electrons. The summed E-state index contributed by atoms with van der Waals surface area (Å²) in [7, 11) is 0. The Labute approximate surface area is 114 Å². The van der Waals surface area contributed by atoms with E-state index < -0.39 is 0 Å². The van der Waals surface area contributed by atoms with Gasteiger partial charge in [-0.15, -0.1) is 0 Å². The number of carbonyl (C=O) groups excluding carboxylic acids is 1. The predicted octanol–water partition coefficient (Wildman–Crippen LogP) is -0.670. The van der Waals surface area contributed by atoms with Gasteiger partial charge in [-0.25, -0.2) is 0 Å². The van der Waals surface area contributed by atoms with Gasteiger partial charge in [-0.1, -0.05) is 0 Å². The highest BCUT2D eigenvalue weighted by atomic mass is 16.5. The Morgan fingerprint density at radius 3 is 2.84 bits per heavy atom. The van der Waals surface area contributed by atoms with Crippen molar-refractivity contribution in [3.63, 3.8) is 0 Å².